The number of carbonyl (C=O) groups is 2. The van der Waals surface area contributed by atoms with Gasteiger partial charge >= 0.3 is 5.97 Å². The lowest BCUT2D eigenvalue weighted by atomic mass is 9.94. The maximum Gasteiger partial charge on any atom is 0.307 e. The third-order valence-electron chi connectivity index (χ3n) is 6.20. The van der Waals surface area contributed by atoms with Gasteiger partial charge in [0.05, 0.1) is 11.8 Å². The number of hydrogen-bond donors (Lipinski definition) is 2. The zero-order valence-corrected chi connectivity index (χ0v) is 17.7. The van der Waals surface area contributed by atoms with Crippen molar-refractivity contribution in [2.75, 3.05) is 12.1 Å². The first-order valence-corrected chi connectivity index (χ1v) is 10.6. The quantitative estimate of drug-likeness (QED) is 0.594. The standard InChI is InChI=1S/C26H23NO5/c1-16-5-7-20(14-21(16)18-4-2-3-17(11-18)12-24(28)29)27-25(30)26(9-10-26)19-6-8-22-23(13-19)32-15-31-22/h2-8,11,13-14H,9-10,12,15H2,1H3,(H,27,30)(H,28,29). The van der Waals surface area contributed by atoms with Crippen LogP contribution >= 0.6 is 0 Å². The molecule has 6 heteroatoms. The molecule has 1 heterocycles. The number of benzene rings is 3. The number of anilines is 1. The van der Waals surface area contributed by atoms with Crippen molar-refractivity contribution in [3.05, 3.63) is 77.4 Å². The first-order chi connectivity index (χ1) is 15.4. The van der Waals surface area contributed by atoms with Gasteiger partial charge in [-0.1, -0.05) is 36.4 Å². The van der Waals surface area contributed by atoms with Crippen molar-refractivity contribution in [2.45, 2.75) is 31.6 Å². The van der Waals surface area contributed by atoms with Gasteiger partial charge in [-0.25, -0.2) is 0 Å². The summed E-state index contributed by atoms with van der Waals surface area (Å²) in [5.74, 6) is 0.489. The highest BCUT2D eigenvalue weighted by Crippen LogP contribution is 2.51. The van der Waals surface area contributed by atoms with E-state index in [2.05, 4.69) is 5.32 Å². The molecule has 1 saturated carbocycles. The van der Waals surface area contributed by atoms with Crippen molar-refractivity contribution >= 4 is 17.6 Å². The lowest BCUT2D eigenvalue weighted by molar-refractivity contribution is -0.136. The van der Waals surface area contributed by atoms with Crippen LogP contribution in [0.3, 0.4) is 0 Å². The fourth-order valence-corrected chi connectivity index (χ4v) is 4.25. The van der Waals surface area contributed by atoms with Crippen molar-refractivity contribution in [1.29, 1.82) is 0 Å². The summed E-state index contributed by atoms with van der Waals surface area (Å²) in [6.45, 7) is 2.21. The van der Waals surface area contributed by atoms with Gasteiger partial charge in [-0.05, 0) is 71.8 Å². The highest BCUT2D eigenvalue weighted by molar-refractivity contribution is 6.02. The number of carbonyl (C=O) groups excluding carboxylic acids is 1. The van der Waals surface area contributed by atoms with E-state index in [4.69, 9.17) is 14.6 Å². The zero-order chi connectivity index (χ0) is 22.3. The molecule has 2 aliphatic rings. The van der Waals surface area contributed by atoms with Gasteiger partial charge in [0.1, 0.15) is 0 Å². The highest BCUT2D eigenvalue weighted by Gasteiger charge is 2.51. The van der Waals surface area contributed by atoms with Gasteiger partial charge in [0.15, 0.2) is 11.5 Å². The number of hydrogen-bond acceptors (Lipinski definition) is 4. The van der Waals surface area contributed by atoms with Crippen LogP contribution in [0.25, 0.3) is 11.1 Å². The molecular weight excluding hydrogens is 406 g/mol. The van der Waals surface area contributed by atoms with Gasteiger partial charge in [-0.3, -0.25) is 9.59 Å². The second-order valence-electron chi connectivity index (χ2n) is 8.40. The molecule has 0 unspecified atom stereocenters. The molecule has 0 spiro atoms. The first kappa shape index (κ1) is 20.1. The Bertz CT molecular complexity index is 1230. The molecule has 5 rings (SSSR count). The fraction of sp³-hybridized carbons (Fsp3) is 0.231. The molecule has 0 saturated heterocycles. The summed E-state index contributed by atoms with van der Waals surface area (Å²) in [4.78, 5) is 24.3. The third-order valence-corrected chi connectivity index (χ3v) is 6.20. The molecule has 0 atom stereocenters. The number of amides is 1. The average Bonchev–Trinajstić information content (AvgIpc) is 3.46. The predicted octanol–water partition coefficient (Wildman–Crippen LogP) is 4.69. The Labute approximate surface area is 185 Å². The SMILES string of the molecule is Cc1ccc(NC(=O)C2(c3ccc4c(c3)OCO4)CC2)cc1-c1cccc(CC(=O)O)c1. The van der Waals surface area contributed by atoms with Crippen molar-refractivity contribution in [3.8, 4) is 22.6 Å². The van der Waals surface area contributed by atoms with Gasteiger partial charge in [0.2, 0.25) is 12.7 Å². The van der Waals surface area contributed by atoms with Crippen LogP contribution in [0.5, 0.6) is 11.5 Å². The van der Waals surface area contributed by atoms with Crippen LogP contribution in [0, 0.1) is 6.92 Å². The Kier molecular flexibility index (Phi) is 4.85. The maximum atomic E-state index is 13.3. The summed E-state index contributed by atoms with van der Waals surface area (Å²) >= 11 is 0. The van der Waals surface area contributed by atoms with Gasteiger partial charge in [0.25, 0.3) is 0 Å². The Morgan fingerprint density at radius 2 is 1.81 bits per heavy atom. The minimum Gasteiger partial charge on any atom is -0.481 e. The zero-order valence-electron chi connectivity index (χ0n) is 17.7. The number of ether oxygens (including phenoxy) is 2. The van der Waals surface area contributed by atoms with Crippen LogP contribution in [0.15, 0.2) is 60.7 Å². The fourth-order valence-electron chi connectivity index (χ4n) is 4.25. The molecule has 162 valence electrons. The average molecular weight is 429 g/mol. The number of rotatable bonds is 6. The summed E-state index contributed by atoms with van der Waals surface area (Å²) in [7, 11) is 0. The lowest BCUT2D eigenvalue weighted by Gasteiger charge is -2.17. The highest BCUT2D eigenvalue weighted by atomic mass is 16.7. The van der Waals surface area contributed by atoms with E-state index in [0.717, 1.165) is 40.7 Å². The molecule has 1 amide bonds. The van der Waals surface area contributed by atoms with Crippen LogP contribution < -0.4 is 14.8 Å². The van der Waals surface area contributed by atoms with E-state index in [-0.39, 0.29) is 19.1 Å². The number of aryl methyl sites for hydroxylation is 1. The normalized spacial score (nSPS) is 15.3. The second kappa shape index (κ2) is 7.71. The van der Waals surface area contributed by atoms with Gasteiger partial charge < -0.3 is 19.9 Å². The molecule has 1 aliphatic heterocycles. The van der Waals surface area contributed by atoms with Gasteiger partial charge in [-0.15, -0.1) is 0 Å². The maximum absolute atomic E-state index is 13.3. The Hall–Kier alpha value is -3.80. The smallest absolute Gasteiger partial charge is 0.307 e. The van der Waals surface area contributed by atoms with Crippen molar-refractivity contribution in [2.24, 2.45) is 0 Å². The van der Waals surface area contributed by atoms with Crippen LogP contribution in [0.2, 0.25) is 0 Å². The van der Waals surface area contributed by atoms with Gasteiger partial charge in [0, 0.05) is 5.69 Å². The Morgan fingerprint density at radius 1 is 1.00 bits per heavy atom. The molecule has 3 aromatic rings. The van der Waals surface area contributed by atoms with Crippen LogP contribution in [-0.2, 0) is 21.4 Å². The topological polar surface area (TPSA) is 84.9 Å². The minimum atomic E-state index is -0.863. The van der Waals surface area contributed by atoms with E-state index >= 15 is 0 Å². The summed E-state index contributed by atoms with van der Waals surface area (Å²) in [5, 5.41) is 12.2. The molecule has 2 N–H and O–H groups in total. The molecule has 0 bridgehead atoms. The molecule has 3 aromatic carbocycles. The molecular formula is C26H23NO5. The number of carboxylic acid groups (broad SMARTS) is 1. The molecule has 1 fully saturated rings. The predicted molar refractivity (Wildman–Crippen MR) is 120 cm³/mol. The van der Waals surface area contributed by atoms with E-state index in [1.165, 1.54) is 0 Å². The van der Waals surface area contributed by atoms with Crippen LogP contribution in [0.4, 0.5) is 5.69 Å². The molecule has 1 aliphatic carbocycles. The Morgan fingerprint density at radius 3 is 2.59 bits per heavy atom. The van der Waals surface area contributed by atoms with E-state index in [1.807, 2.05) is 61.5 Å². The largest absolute Gasteiger partial charge is 0.481 e. The number of nitrogens with one attached hydrogen (secondary N) is 1. The number of fused-ring (bicyclic) bond motifs is 1. The summed E-state index contributed by atoms with van der Waals surface area (Å²) in [6.07, 6.45) is 1.55. The molecule has 32 heavy (non-hydrogen) atoms. The van der Waals surface area contributed by atoms with Gasteiger partial charge in [-0.2, -0.15) is 0 Å². The van der Waals surface area contributed by atoms with E-state index < -0.39 is 11.4 Å². The summed E-state index contributed by atoms with van der Waals surface area (Å²) in [5.41, 5.74) is 4.78. The van der Waals surface area contributed by atoms with Crippen LogP contribution in [-0.4, -0.2) is 23.8 Å². The van der Waals surface area contributed by atoms with Crippen molar-refractivity contribution in [3.63, 3.8) is 0 Å². The monoisotopic (exact) mass is 429 g/mol. The van der Waals surface area contributed by atoms with Crippen LogP contribution in [0.1, 0.15) is 29.5 Å². The minimum absolute atomic E-state index is 0.0264. The number of aliphatic carboxylic acids is 1. The Balaban J connectivity index is 1.40. The summed E-state index contributed by atoms with van der Waals surface area (Å²) in [6, 6.07) is 19.0. The van der Waals surface area contributed by atoms with E-state index in [0.29, 0.717) is 17.2 Å². The first-order valence-electron chi connectivity index (χ1n) is 10.6. The third kappa shape index (κ3) is 3.68. The van der Waals surface area contributed by atoms with Crippen molar-refractivity contribution < 1.29 is 24.2 Å². The lowest BCUT2D eigenvalue weighted by Crippen LogP contribution is -2.27. The molecule has 6 nitrogen and oxygen atoms in total. The molecule has 0 aromatic heterocycles. The number of carboxylic acids is 1. The summed E-state index contributed by atoms with van der Waals surface area (Å²) < 4.78 is 10.9. The van der Waals surface area contributed by atoms with E-state index in [1.54, 1.807) is 6.07 Å². The molecule has 0 radical (unpaired) electrons. The van der Waals surface area contributed by atoms with E-state index in [9.17, 15) is 9.59 Å². The second-order valence-corrected chi connectivity index (χ2v) is 8.40. The van der Waals surface area contributed by atoms with Crippen molar-refractivity contribution in [1.82, 2.24) is 0 Å².